The number of aromatic nitrogens is 1. The first-order valence-corrected chi connectivity index (χ1v) is 6.19. The lowest BCUT2D eigenvalue weighted by molar-refractivity contribution is 0.460. The summed E-state index contributed by atoms with van der Waals surface area (Å²) in [5.41, 5.74) is 9.22. The minimum atomic E-state index is 0.667. The summed E-state index contributed by atoms with van der Waals surface area (Å²) < 4.78 is 0. The number of pyridine rings is 1. The summed E-state index contributed by atoms with van der Waals surface area (Å²) in [5.74, 6) is 0.667. The lowest BCUT2D eigenvalue weighted by Gasteiger charge is -2.23. The number of nitrogens with zero attached hydrogens (tertiary/aromatic N) is 1. The van der Waals surface area contributed by atoms with Gasteiger partial charge in [0.15, 0.2) is 0 Å². The molecule has 17 heavy (non-hydrogen) atoms. The Morgan fingerprint density at radius 1 is 1.18 bits per heavy atom. The molecule has 1 aliphatic heterocycles. The fourth-order valence-corrected chi connectivity index (χ4v) is 2.59. The number of nitrogen functional groups attached to an aromatic ring is 1. The van der Waals surface area contributed by atoms with Crippen LogP contribution < -0.4 is 11.1 Å². The Labute approximate surface area is 101 Å². The molecule has 0 saturated carbocycles. The molecule has 1 fully saturated rings. The Balaban J connectivity index is 2.03. The molecule has 0 spiro atoms. The van der Waals surface area contributed by atoms with Gasteiger partial charge < -0.3 is 11.1 Å². The lowest BCUT2D eigenvalue weighted by Crippen LogP contribution is -2.26. The maximum absolute atomic E-state index is 6.00. The zero-order chi connectivity index (χ0) is 11.7. The van der Waals surface area contributed by atoms with Crippen LogP contribution in [0.25, 0.3) is 10.9 Å². The van der Waals surface area contributed by atoms with Gasteiger partial charge in [-0.15, -0.1) is 0 Å². The Bertz CT molecular complexity index is 530. The number of nitrogens with one attached hydrogen (secondary N) is 1. The second-order valence-corrected chi connectivity index (χ2v) is 4.70. The highest BCUT2D eigenvalue weighted by Crippen LogP contribution is 2.29. The number of hydrogen-bond donors (Lipinski definition) is 2. The van der Waals surface area contributed by atoms with Crippen molar-refractivity contribution in [2.45, 2.75) is 18.8 Å². The van der Waals surface area contributed by atoms with Crippen LogP contribution in [0.5, 0.6) is 0 Å². The third-order valence-corrected chi connectivity index (χ3v) is 3.61. The van der Waals surface area contributed by atoms with Crippen molar-refractivity contribution in [1.82, 2.24) is 10.3 Å². The Kier molecular flexibility index (Phi) is 2.69. The van der Waals surface area contributed by atoms with E-state index in [9.17, 15) is 0 Å². The highest BCUT2D eigenvalue weighted by atomic mass is 14.9. The van der Waals surface area contributed by atoms with E-state index < -0.39 is 0 Å². The number of benzene rings is 1. The summed E-state index contributed by atoms with van der Waals surface area (Å²) in [4.78, 5) is 4.34. The molecule has 3 N–H and O–H groups in total. The average Bonchev–Trinajstić information content (AvgIpc) is 2.40. The van der Waals surface area contributed by atoms with Gasteiger partial charge in [-0.1, -0.05) is 6.07 Å². The molecule has 3 rings (SSSR count). The highest BCUT2D eigenvalue weighted by Gasteiger charge is 2.15. The standard InChI is InChI=1S/C14H17N3/c15-13-5-8-17-14-2-1-11(9-12(13)14)10-3-6-16-7-4-10/h1-2,5,8-10,16H,3-4,6-7H2,(H2,15,17). The van der Waals surface area contributed by atoms with Crippen LogP contribution in [0.4, 0.5) is 5.69 Å². The van der Waals surface area contributed by atoms with E-state index in [0.29, 0.717) is 5.92 Å². The highest BCUT2D eigenvalue weighted by molar-refractivity contribution is 5.90. The van der Waals surface area contributed by atoms with E-state index >= 15 is 0 Å². The topological polar surface area (TPSA) is 50.9 Å². The van der Waals surface area contributed by atoms with Crippen molar-refractivity contribution >= 4 is 16.6 Å². The van der Waals surface area contributed by atoms with Gasteiger partial charge in [0.1, 0.15) is 0 Å². The van der Waals surface area contributed by atoms with Gasteiger partial charge in [-0.05, 0) is 55.6 Å². The van der Waals surface area contributed by atoms with Crippen LogP contribution in [0, 0.1) is 0 Å². The third-order valence-electron chi connectivity index (χ3n) is 3.61. The molecule has 3 nitrogen and oxygen atoms in total. The summed E-state index contributed by atoms with van der Waals surface area (Å²) in [6.45, 7) is 2.23. The molecule has 2 aromatic rings. The van der Waals surface area contributed by atoms with Crippen LogP contribution in [0.2, 0.25) is 0 Å². The predicted octanol–water partition coefficient (Wildman–Crippen LogP) is 2.28. The van der Waals surface area contributed by atoms with Crippen molar-refractivity contribution in [1.29, 1.82) is 0 Å². The van der Waals surface area contributed by atoms with Crippen molar-refractivity contribution in [3.8, 4) is 0 Å². The first kappa shape index (κ1) is 10.5. The second-order valence-electron chi connectivity index (χ2n) is 4.70. The van der Waals surface area contributed by atoms with E-state index in [1.54, 1.807) is 6.20 Å². The fraction of sp³-hybridized carbons (Fsp3) is 0.357. The maximum atomic E-state index is 6.00. The van der Waals surface area contributed by atoms with Gasteiger partial charge in [0.05, 0.1) is 5.52 Å². The molecule has 3 heteroatoms. The molecule has 1 aromatic carbocycles. The van der Waals surface area contributed by atoms with Gasteiger partial charge >= 0.3 is 0 Å². The van der Waals surface area contributed by atoms with Gasteiger partial charge in [0.25, 0.3) is 0 Å². The predicted molar refractivity (Wildman–Crippen MR) is 71.0 cm³/mol. The number of piperidine rings is 1. The summed E-state index contributed by atoms with van der Waals surface area (Å²) in [6.07, 6.45) is 4.19. The van der Waals surface area contributed by atoms with Crippen LogP contribution >= 0.6 is 0 Å². The number of nitrogens with two attached hydrogens (primary N) is 1. The van der Waals surface area contributed by atoms with Crippen LogP contribution in [-0.2, 0) is 0 Å². The zero-order valence-corrected chi connectivity index (χ0v) is 9.82. The first-order valence-electron chi connectivity index (χ1n) is 6.19. The molecule has 1 aliphatic rings. The van der Waals surface area contributed by atoms with Crippen molar-refractivity contribution < 1.29 is 0 Å². The Hall–Kier alpha value is -1.61. The molecule has 1 aromatic heterocycles. The molecule has 2 heterocycles. The van der Waals surface area contributed by atoms with Crippen LogP contribution in [-0.4, -0.2) is 18.1 Å². The molecule has 88 valence electrons. The Morgan fingerprint density at radius 3 is 2.82 bits per heavy atom. The van der Waals surface area contributed by atoms with Gasteiger partial charge in [-0.2, -0.15) is 0 Å². The smallest absolute Gasteiger partial charge is 0.0722 e. The van der Waals surface area contributed by atoms with E-state index in [1.165, 1.54) is 18.4 Å². The van der Waals surface area contributed by atoms with Crippen molar-refractivity contribution in [2.75, 3.05) is 18.8 Å². The molecule has 0 unspecified atom stereocenters. The van der Waals surface area contributed by atoms with Crippen LogP contribution in [0.15, 0.2) is 30.5 Å². The zero-order valence-electron chi connectivity index (χ0n) is 9.82. The lowest BCUT2D eigenvalue weighted by atomic mass is 9.89. The molecule has 0 amide bonds. The van der Waals surface area contributed by atoms with Crippen LogP contribution in [0.1, 0.15) is 24.3 Å². The van der Waals surface area contributed by atoms with Gasteiger partial charge in [-0.3, -0.25) is 4.98 Å². The van der Waals surface area contributed by atoms with Crippen molar-refractivity contribution in [3.05, 3.63) is 36.0 Å². The molecular weight excluding hydrogens is 210 g/mol. The Morgan fingerprint density at radius 2 is 2.00 bits per heavy atom. The van der Waals surface area contributed by atoms with E-state index in [1.807, 2.05) is 6.07 Å². The van der Waals surface area contributed by atoms with Gasteiger partial charge in [0.2, 0.25) is 0 Å². The van der Waals surface area contributed by atoms with E-state index in [0.717, 1.165) is 29.7 Å². The monoisotopic (exact) mass is 227 g/mol. The number of fused-ring (bicyclic) bond motifs is 1. The van der Waals surface area contributed by atoms with E-state index in [-0.39, 0.29) is 0 Å². The molecular formula is C14H17N3. The minimum Gasteiger partial charge on any atom is -0.398 e. The second kappa shape index (κ2) is 4.34. The molecule has 0 radical (unpaired) electrons. The quantitative estimate of drug-likeness (QED) is 0.786. The summed E-state index contributed by atoms with van der Waals surface area (Å²) in [6, 6.07) is 8.37. The van der Waals surface area contributed by atoms with Crippen molar-refractivity contribution in [3.63, 3.8) is 0 Å². The minimum absolute atomic E-state index is 0.667. The summed E-state index contributed by atoms with van der Waals surface area (Å²) in [7, 11) is 0. The first-order chi connectivity index (χ1) is 8.34. The van der Waals surface area contributed by atoms with Gasteiger partial charge in [0, 0.05) is 17.3 Å². The molecule has 1 saturated heterocycles. The fourth-order valence-electron chi connectivity index (χ4n) is 2.59. The molecule has 0 aliphatic carbocycles. The SMILES string of the molecule is Nc1ccnc2ccc(C3CCNCC3)cc12. The average molecular weight is 227 g/mol. The molecule has 0 atom stereocenters. The van der Waals surface area contributed by atoms with Crippen molar-refractivity contribution in [2.24, 2.45) is 0 Å². The van der Waals surface area contributed by atoms with Gasteiger partial charge in [-0.25, -0.2) is 0 Å². The normalized spacial score (nSPS) is 17.4. The third kappa shape index (κ3) is 1.98. The number of anilines is 1. The summed E-state index contributed by atoms with van der Waals surface area (Å²) in [5, 5.41) is 4.48. The summed E-state index contributed by atoms with van der Waals surface area (Å²) >= 11 is 0. The van der Waals surface area contributed by atoms with E-state index in [4.69, 9.17) is 5.73 Å². The largest absolute Gasteiger partial charge is 0.398 e. The van der Waals surface area contributed by atoms with Crippen LogP contribution in [0.3, 0.4) is 0 Å². The number of hydrogen-bond acceptors (Lipinski definition) is 3. The molecule has 0 bridgehead atoms. The number of rotatable bonds is 1. The van der Waals surface area contributed by atoms with E-state index in [2.05, 4.69) is 28.5 Å². The maximum Gasteiger partial charge on any atom is 0.0722 e.